The third-order valence-electron chi connectivity index (χ3n) is 5.26. The topological polar surface area (TPSA) is 75.5 Å². The summed E-state index contributed by atoms with van der Waals surface area (Å²) in [5.41, 5.74) is 1.03. The van der Waals surface area contributed by atoms with E-state index in [1.165, 1.54) is 39.3 Å². The van der Waals surface area contributed by atoms with E-state index < -0.39 is 15.8 Å². The van der Waals surface area contributed by atoms with Crippen molar-refractivity contribution in [2.45, 2.75) is 18.2 Å². The van der Waals surface area contributed by atoms with Gasteiger partial charge in [0.25, 0.3) is 5.56 Å². The lowest BCUT2D eigenvalue weighted by Crippen LogP contribution is -2.36. The minimum atomic E-state index is -3.58. The van der Waals surface area contributed by atoms with Crippen molar-refractivity contribution in [1.29, 1.82) is 0 Å². The number of benzene rings is 2. The molecule has 0 aliphatic carbocycles. The van der Waals surface area contributed by atoms with Crippen molar-refractivity contribution in [1.82, 2.24) is 14.1 Å². The van der Waals surface area contributed by atoms with Gasteiger partial charge in [-0.2, -0.15) is 8.99 Å². The molecule has 0 amide bonds. The fourth-order valence-corrected chi connectivity index (χ4v) is 5.20. The molecule has 4 rings (SSSR count). The van der Waals surface area contributed by atoms with Gasteiger partial charge in [0.1, 0.15) is 11.6 Å². The number of rotatable bonds is 4. The maximum Gasteiger partial charge on any atom is 0.271 e. The summed E-state index contributed by atoms with van der Waals surface area (Å²) in [5.74, 6) is 0.175. The van der Waals surface area contributed by atoms with Crippen LogP contribution >= 0.6 is 0 Å². The molecule has 0 atom stereocenters. The molecule has 1 aliphatic heterocycles. The van der Waals surface area contributed by atoms with Gasteiger partial charge in [-0.1, -0.05) is 12.1 Å². The van der Waals surface area contributed by atoms with E-state index in [1.807, 2.05) is 17.9 Å². The lowest BCUT2D eigenvalue weighted by Gasteiger charge is -2.23. The van der Waals surface area contributed by atoms with Gasteiger partial charge in [-0.15, -0.1) is 5.10 Å². The predicted molar refractivity (Wildman–Crippen MR) is 117 cm³/mol. The Morgan fingerprint density at radius 2 is 1.71 bits per heavy atom. The third kappa shape index (κ3) is 4.52. The standard InChI is InChI=1S/C22H23FN4O3S/c1-17-4-2-5-20(16-17)31(29,30)26-13-3-12-25(14-15-26)21-10-11-22(28)27(24-21)19-8-6-18(23)7-9-19/h2,4-11,16H,3,12-15H2,1H3. The van der Waals surface area contributed by atoms with Crippen LogP contribution in [-0.2, 0) is 10.0 Å². The fraction of sp³-hybridized carbons (Fsp3) is 0.273. The Morgan fingerprint density at radius 1 is 0.935 bits per heavy atom. The average molecular weight is 443 g/mol. The first-order valence-corrected chi connectivity index (χ1v) is 11.5. The maximum atomic E-state index is 13.2. The first-order valence-electron chi connectivity index (χ1n) is 10.0. The van der Waals surface area contributed by atoms with Crippen LogP contribution in [0, 0.1) is 12.7 Å². The molecule has 0 unspecified atom stereocenters. The van der Waals surface area contributed by atoms with Gasteiger partial charge in [-0.3, -0.25) is 4.79 Å². The first-order chi connectivity index (χ1) is 14.8. The van der Waals surface area contributed by atoms with E-state index in [0.717, 1.165) is 5.56 Å². The van der Waals surface area contributed by atoms with Crippen molar-refractivity contribution < 1.29 is 12.8 Å². The maximum absolute atomic E-state index is 13.2. The fourth-order valence-electron chi connectivity index (χ4n) is 3.63. The Hall–Kier alpha value is -3.04. The molecule has 0 spiro atoms. The number of aromatic nitrogens is 2. The summed E-state index contributed by atoms with van der Waals surface area (Å²) < 4.78 is 42.1. The van der Waals surface area contributed by atoms with Crippen LogP contribution in [0.1, 0.15) is 12.0 Å². The molecular formula is C22H23FN4O3S. The molecule has 0 saturated carbocycles. The molecule has 1 saturated heterocycles. The molecule has 162 valence electrons. The number of nitrogens with zero attached hydrogens (tertiary/aromatic N) is 4. The van der Waals surface area contributed by atoms with Gasteiger partial charge in [-0.05, 0) is 61.4 Å². The lowest BCUT2D eigenvalue weighted by molar-refractivity contribution is 0.433. The van der Waals surface area contributed by atoms with Crippen LogP contribution in [0.15, 0.2) is 70.4 Å². The minimum absolute atomic E-state index is 0.295. The average Bonchev–Trinajstić information content (AvgIpc) is 3.02. The van der Waals surface area contributed by atoms with Crippen molar-refractivity contribution in [3.63, 3.8) is 0 Å². The highest BCUT2D eigenvalue weighted by Gasteiger charge is 2.27. The highest BCUT2D eigenvalue weighted by atomic mass is 32.2. The van der Waals surface area contributed by atoms with Gasteiger partial charge in [0.05, 0.1) is 10.6 Å². The van der Waals surface area contributed by atoms with Crippen LogP contribution in [0.4, 0.5) is 10.2 Å². The molecule has 0 bridgehead atoms. The first kappa shape index (κ1) is 21.2. The Bertz CT molecular complexity index is 1240. The van der Waals surface area contributed by atoms with Crippen molar-refractivity contribution in [2.75, 3.05) is 31.1 Å². The second-order valence-corrected chi connectivity index (χ2v) is 9.42. The van der Waals surface area contributed by atoms with E-state index in [0.29, 0.717) is 49.0 Å². The van der Waals surface area contributed by atoms with E-state index in [2.05, 4.69) is 5.10 Å². The van der Waals surface area contributed by atoms with Gasteiger partial charge in [0.15, 0.2) is 0 Å². The SMILES string of the molecule is Cc1cccc(S(=O)(=O)N2CCCN(c3ccc(=O)n(-c4ccc(F)cc4)n3)CC2)c1. The van der Waals surface area contributed by atoms with Gasteiger partial charge in [0, 0.05) is 32.2 Å². The van der Waals surface area contributed by atoms with Gasteiger partial charge in [0.2, 0.25) is 10.0 Å². The van der Waals surface area contributed by atoms with Crippen LogP contribution < -0.4 is 10.5 Å². The number of sulfonamides is 1. The van der Waals surface area contributed by atoms with E-state index >= 15 is 0 Å². The Labute approximate surface area is 180 Å². The van der Waals surface area contributed by atoms with E-state index in [9.17, 15) is 17.6 Å². The summed E-state index contributed by atoms with van der Waals surface area (Å²) in [4.78, 5) is 14.5. The summed E-state index contributed by atoms with van der Waals surface area (Å²) in [7, 11) is -3.58. The van der Waals surface area contributed by atoms with Crippen LogP contribution in [0.5, 0.6) is 0 Å². The highest BCUT2D eigenvalue weighted by molar-refractivity contribution is 7.89. The van der Waals surface area contributed by atoms with Crippen LogP contribution in [0.2, 0.25) is 0 Å². The van der Waals surface area contributed by atoms with Gasteiger partial charge < -0.3 is 4.90 Å². The van der Waals surface area contributed by atoms with Crippen molar-refractivity contribution in [3.05, 3.63) is 82.4 Å². The third-order valence-corrected chi connectivity index (χ3v) is 7.16. The Kier molecular flexibility index (Phi) is 5.88. The molecule has 9 heteroatoms. The molecule has 0 radical (unpaired) electrons. The molecule has 1 aromatic heterocycles. The van der Waals surface area contributed by atoms with Crippen molar-refractivity contribution in [2.24, 2.45) is 0 Å². The molecule has 2 heterocycles. The summed E-state index contributed by atoms with van der Waals surface area (Å²) in [6.45, 7) is 3.64. The van der Waals surface area contributed by atoms with Crippen LogP contribution in [0.25, 0.3) is 5.69 Å². The Morgan fingerprint density at radius 3 is 2.45 bits per heavy atom. The quantitative estimate of drug-likeness (QED) is 0.621. The second-order valence-electron chi connectivity index (χ2n) is 7.48. The molecule has 0 N–H and O–H groups in total. The number of halogens is 1. The zero-order chi connectivity index (χ0) is 22.0. The Balaban J connectivity index is 1.56. The zero-order valence-corrected chi connectivity index (χ0v) is 17.9. The van der Waals surface area contributed by atoms with Crippen molar-refractivity contribution >= 4 is 15.8 Å². The molecule has 7 nitrogen and oxygen atoms in total. The molecule has 31 heavy (non-hydrogen) atoms. The molecule has 1 fully saturated rings. The highest BCUT2D eigenvalue weighted by Crippen LogP contribution is 2.20. The molecule has 2 aromatic carbocycles. The largest absolute Gasteiger partial charge is 0.354 e. The predicted octanol–water partition coefficient (Wildman–Crippen LogP) is 2.58. The monoisotopic (exact) mass is 442 g/mol. The molecule has 3 aromatic rings. The van der Waals surface area contributed by atoms with E-state index in [-0.39, 0.29) is 5.56 Å². The van der Waals surface area contributed by atoms with Gasteiger partial charge >= 0.3 is 0 Å². The van der Waals surface area contributed by atoms with Gasteiger partial charge in [-0.25, -0.2) is 12.8 Å². The number of hydrogen-bond acceptors (Lipinski definition) is 5. The second kappa shape index (κ2) is 8.60. The smallest absolute Gasteiger partial charge is 0.271 e. The number of hydrogen-bond donors (Lipinski definition) is 0. The number of anilines is 1. The summed E-state index contributed by atoms with van der Waals surface area (Å²) >= 11 is 0. The summed E-state index contributed by atoms with van der Waals surface area (Å²) in [6, 6.07) is 15.5. The summed E-state index contributed by atoms with van der Waals surface area (Å²) in [6.07, 6.45) is 0.627. The van der Waals surface area contributed by atoms with E-state index in [1.54, 1.807) is 24.3 Å². The number of aryl methyl sites for hydroxylation is 1. The van der Waals surface area contributed by atoms with Crippen LogP contribution in [0.3, 0.4) is 0 Å². The lowest BCUT2D eigenvalue weighted by atomic mass is 10.2. The van der Waals surface area contributed by atoms with E-state index in [4.69, 9.17) is 0 Å². The van der Waals surface area contributed by atoms with Crippen molar-refractivity contribution in [3.8, 4) is 5.69 Å². The molecular weight excluding hydrogens is 419 g/mol. The molecule has 1 aliphatic rings. The normalized spacial score (nSPS) is 15.6. The zero-order valence-electron chi connectivity index (χ0n) is 17.1. The van der Waals surface area contributed by atoms with Crippen LogP contribution in [-0.4, -0.2) is 48.7 Å². The minimum Gasteiger partial charge on any atom is -0.354 e. The summed E-state index contributed by atoms with van der Waals surface area (Å²) in [5, 5.41) is 4.43.